The first-order valence-electron chi connectivity index (χ1n) is 11.7. The molecule has 1 fully saturated rings. The Morgan fingerprint density at radius 2 is 2.00 bits per heavy atom. The number of carbonyl (C=O) groups is 2. The van der Waals surface area contributed by atoms with E-state index in [1.165, 1.54) is 30.1 Å². The van der Waals surface area contributed by atoms with Crippen molar-refractivity contribution in [2.45, 2.75) is 39.4 Å². The van der Waals surface area contributed by atoms with Gasteiger partial charge in [-0.1, -0.05) is 30.8 Å². The quantitative estimate of drug-likeness (QED) is 0.346. The van der Waals surface area contributed by atoms with E-state index in [0.29, 0.717) is 31.7 Å². The molecule has 36 heavy (non-hydrogen) atoms. The zero-order chi connectivity index (χ0) is 26.7. The number of aromatic nitrogens is 1. The maximum atomic E-state index is 14.7. The molecule has 1 aromatic rings. The van der Waals surface area contributed by atoms with Crippen molar-refractivity contribution in [1.29, 1.82) is 0 Å². The fraction of sp³-hybridized carbons (Fsp3) is 0.423. The summed E-state index contributed by atoms with van der Waals surface area (Å²) in [7, 11) is 1.65. The fourth-order valence-electron chi connectivity index (χ4n) is 4.24. The SMILES string of the molecule is C=C/C=C(O)\C(=C(/C)F)c1nc(C(=O)N(C)C(C)C)c2c(c1Cl)OC[C@H]1CN(C(=O)C=C)CCN1C2. The molecule has 0 aromatic carbocycles. The first kappa shape index (κ1) is 27.4. The summed E-state index contributed by atoms with van der Waals surface area (Å²) in [4.78, 5) is 35.6. The van der Waals surface area contributed by atoms with Gasteiger partial charge >= 0.3 is 0 Å². The molecule has 10 heteroatoms. The van der Waals surface area contributed by atoms with Crippen LogP contribution in [-0.4, -0.2) is 82.0 Å². The topological polar surface area (TPSA) is 86.2 Å². The van der Waals surface area contributed by atoms with Crippen LogP contribution in [0.25, 0.3) is 5.57 Å². The minimum Gasteiger partial charge on any atom is -0.507 e. The number of pyridine rings is 1. The molecule has 1 atom stereocenters. The Labute approximate surface area is 216 Å². The number of carbonyl (C=O) groups excluding carboxylic acids is 2. The number of allylic oxidation sites excluding steroid dienone is 4. The lowest BCUT2D eigenvalue weighted by Crippen LogP contribution is -2.55. The Morgan fingerprint density at radius 1 is 1.31 bits per heavy atom. The standard InChI is InChI=1S/C26H32ClFN4O4/c1-7-9-19(33)21(16(5)28)24-22(27)25-18(23(29-24)26(35)30(6)15(3)4)13-31-10-11-32(20(34)8-2)12-17(31)14-36-25/h7-9,15,17,33H,1-2,10-14H2,3-6H3/b19-9+,21-16-/t17-/m1/s1. The third-order valence-electron chi connectivity index (χ3n) is 6.47. The smallest absolute Gasteiger partial charge is 0.272 e. The third-order valence-corrected chi connectivity index (χ3v) is 6.82. The largest absolute Gasteiger partial charge is 0.507 e. The predicted octanol–water partition coefficient (Wildman–Crippen LogP) is 4.14. The van der Waals surface area contributed by atoms with Crippen LogP contribution in [0.5, 0.6) is 5.75 Å². The minimum atomic E-state index is -0.736. The van der Waals surface area contributed by atoms with Gasteiger partial charge in [0.25, 0.3) is 5.91 Å². The fourth-order valence-corrected chi connectivity index (χ4v) is 4.55. The third kappa shape index (κ3) is 5.32. The van der Waals surface area contributed by atoms with Crippen LogP contribution in [0.1, 0.15) is 42.5 Å². The van der Waals surface area contributed by atoms with Gasteiger partial charge in [-0.2, -0.15) is 0 Å². The second-order valence-electron chi connectivity index (χ2n) is 9.06. The molecule has 1 aromatic heterocycles. The van der Waals surface area contributed by atoms with Gasteiger partial charge in [0.2, 0.25) is 5.91 Å². The molecule has 1 saturated heterocycles. The highest BCUT2D eigenvalue weighted by molar-refractivity contribution is 6.34. The van der Waals surface area contributed by atoms with Gasteiger partial charge in [-0.3, -0.25) is 14.5 Å². The highest BCUT2D eigenvalue weighted by Gasteiger charge is 2.37. The van der Waals surface area contributed by atoms with Gasteiger partial charge in [-0.25, -0.2) is 9.37 Å². The predicted molar refractivity (Wildman–Crippen MR) is 138 cm³/mol. The van der Waals surface area contributed by atoms with Gasteiger partial charge in [0, 0.05) is 44.8 Å². The molecule has 0 aliphatic carbocycles. The lowest BCUT2D eigenvalue weighted by molar-refractivity contribution is -0.129. The summed E-state index contributed by atoms with van der Waals surface area (Å²) in [5, 5.41) is 10.5. The van der Waals surface area contributed by atoms with E-state index < -0.39 is 11.6 Å². The Morgan fingerprint density at radius 3 is 2.58 bits per heavy atom. The summed E-state index contributed by atoms with van der Waals surface area (Å²) in [6.45, 7) is 14.0. The summed E-state index contributed by atoms with van der Waals surface area (Å²) in [6, 6.07) is -0.290. The zero-order valence-electron chi connectivity index (χ0n) is 21.1. The molecule has 2 aliphatic heterocycles. The van der Waals surface area contributed by atoms with Crippen molar-refractivity contribution >= 4 is 29.0 Å². The zero-order valence-corrected chi connectivity index (χ0v) is 21.8. The van der Waals surface area contributed by atoms with E-state index in [1.807, 2.05) is 13.8 Å². The van der Waals surface area contributed by atoms with E-state index in [4.69, 9.17) is 16.3 Å². The van der Waals surface area contributed by atoms with E-state index in [2.05, 4.69) is 23.0 Å². The van der Waals surface area contributed by atoms with Crippen LogP contribution in [0, 0.1) is 0 Å². The van der Waals surface area contributed by atoms with Gasteiger partial charge in [0.1, 0.15) is 34.7 Å². The molecule has 0 spiro atoms. The molecular weight excluding hydrogens is 487 g/mol. The number of halogens is 2. The molecule has 3 rings (SSSR count). The van der Waals surface area contributed by atoms with Crippen LogP contribution in [0.4, 0.5) is 4.39 Å². The van der Waals surface area contributed by atoms with Crippen LogP contribution in [0.2, 0.25) is 5.02 Å². The Kier molecular flexibility index (Phi) is 8.58. The maximum Gasteiger partial charge on any atom is 0.272 e. The molecular formula is C26H32ClFN4O4. The number of aliphatic hydroxyl groups excluding tert-OH is 1. The van der Waals surface area contributed by atoms with Crippen molar-refractivity contribution in [3.8, 4) is 5.75 Å². The lowest BCUT2D eigenvalue weighted by Gasteiger charge is -2.39. The average Bonchev–Trinajstić information content (AvgIpc) is 3.03. The number of nitrogens with zero attached hydrogens (tertiary/aromatic N) is 4. The Balaban J connectivity index is 2.19. The number of hydrogen-bond acceptors (Lipinski definition) is 6. The average molecular weight is 519 g/mol. The van der Waals surface area contributed by atoms with Crippen molar-refractivity contribution in [2.75, 3.05) is 33.3 Å². The van der Waals surface area contributed by atoms with E-state index in [9.17, 15) is 19.1 Å². The van der Waals surface area contributed by atoms with Gasteiger partial charge < -0.3 is 19.6 Å². The van der Waals surface area contributed by atoms with Crippen molar-refractivity contribution in [2.24, 2.45) is 0 Å². The minimum absolute atomic E-state index is 0.0105. The molecule has 194 valence electrons. The summed E-state index contributed by atoms with van der Waals surface area (Å²) in [5.74, 6) is -1.50. The number of aliphatic hydroxyl groups is 1. The van der Waals surface area contributed by atoms with E-state index >= 15 is 0 Å². The number of rotatable bonds is 6. The number of fused-ring (bicyclic) bond motifs is 2. The summed E-state index contributed by atoms with van der Waals surface area (Å²) < 4.78 is 20.8. The molecule has 8 nitrogen and oxygen atoms in total. The van der Waals surface area contributed by atoms with Gasteiger partial charge in [-0.15, -0.1) is 0 Å². The molecule has 1 N–H and O–H groups in total. The van der Waals surface area contributed by atoms with Gasteiger partial charge in [0.05, 0.1) is 17.3 Å². The van der Waals surface area contributed by atoms with Crippen molar-refractivity contribution < 1.29 is 23.8 Å². The van der Waals surface area contributed by atoms with Gasteiger partial charge in [0.15, 0.2) is 0 Å². The Bertz CT molecular complexity index is 1140. The van der Waals surface area contributed by atoms with Crippen molar-refractivity contribution in [3.63, 3.8) is 0 Å². The number of hydrogen-bond donors (Lipinski definition) is 1. The van der Waals surface area contributed by atoms with Crippen molar-refractivity contribution in [1.82, 2.24) is 19.7 Å². The second-order valence-corrected chi connectivity index (χ2v) is 9.44. The normalized spacial score (nSPS) is 18.9. The first-order valence-corrected chi connectivity index (χ1v) is 12.1. The van der Waals surface area contributed by atoms with Crippen LogP contribution in [0.15, 0.2) is 43.0 Å². The van der Waals surface area contributed by atoms with Gasteiger partial charge in [-0.05, 0) is 32.9 Å². The molecule has 3 heterocycles. The highest BCUT2D eigenvalue weighted by Crippen LogP contribution is 2.41. The lowest BCUT2D eigenvalue weighted by atomic mass is 10.0. The molecule has 2 amide bonds. The van der Waals surface area contributed by atoms with Crippen molar-refractivity contribution in [3.05, 3.63) is 64.9 Å². The molecule has 0 bridgehead atoms. The highest BCUT2D eigenvalue weighted by atomic mass is 35.5. The van der Waals surface area contributed by atoms with E-state index in [1.54, 1.807) is 11.9 Å². The first-order chi connectivity index (χ1) is 17.0. The van der Waals surface area contributed by atoms with Crippen LogP contribution in [-0.2, 0) is 11.3 Å². The van der Waals surface area contributed by atoms with E-state index in [0.717, 1.165) is 0 Å². The number of ether oxygens (including phenoxy) is 1. The van der Waals surface area contributed by atoms with Crippen LogP contribution in [0.3, 0.4) is 0 Å². The molecule has 0 unspecified atom stereocenters. The molecule has 2 aliphatic rings. The monoisotopic (exact) mass is 518 g/mol. The summed E-state index contributed by atoms with van der Waals surface area (Å²) >= 11 is 6.73. The number of piperazine rings is 1. The summed E-state index contributed by atoms with van der Waals surface area (Å²) in [5.41, 5.74) is 0.193. The van der Waals surface area contributed by atoms with Crippen LogP contribution >= 0.6 is 11.6 Å². The van der Waals surface area contributed by atoms with E-state index in [-0.39, 0.29) is 58.2 Å². The molecule has 0 radical (unpaired) electrons. The van der Waals surface area contributed by atoms with Crippen LogP contribution < -0.4 is 4.74 Å². The summed E-state index contributed by atoms with van der Waals surface area (Å²) in [6.07, 6.45) is 3.80. The second kappa shape index (κ2) is 11.3. The maximum absolute atomic E-state index is 14.7. The Hall–Kier alpha value is -3.17. The molecule has 0 saturated carbocycles. The number of amides is 2.